The van der Waals surface area contributed by atoms with Gasteiger partial charge in [-0.3, -0.25) is 28.8 Å². The van der Waals surface area contributed by atoms with Crippen molar-refractivity contribution in [3.8, 4) is 5.75 Å². The van der Waals surface area contributed by atoms with Crippen LogP contribution >= 0.6 is 0 Å². The van der Waals surface area contributed by atoms with Crippen LogP contribution in [0.3, 0.4) is 0 Å². The molecule has 53 heavy (non-hydrogen) atoms. The minimum absolute atomic E-state index is 0.00276. The fourth-order valence-corrected chi connectivity index (χ4v) is 6.53. The zero-order valence-electron chi connectivity index (χ0n) is 29.9. The summed E-state index contributed by atoms with van der Waals surface area (Å²) in [6.45, 7) is 6.25. The molecule has 0 unspecified atom stereocenters. The standard InChI is InChI=1S/C38H47N7O8/c1-4-5-10-32(47)42-26-18-31-36(50)44-34(23(3)46)37(51)41-22(2)35(49)39-16-15-24-11-13-27(14-12-24)53-21-33(48)43-30(38(52)45(31)20-26)17-25-19-40-29-9-7-6-8-28(25)29/h4,6-9,11-14,19,22-23,26,30-31,34,40,46H,1,5,10,15-18,20-21H2,2-3H3,(H,39,49)(H,41,51)(H,42,47)(H,43,48)(H,44,50)/t22-,23+,26-,30+,31-,34-/m0/s1. The number of H-pyrrole nitrogens is 1. The molecular weight excluding hydrogens is 682 g/mol. The van der Waals surface area contributed by atoms with Crippen molar-refractivity contribution in [2.24, 2.45) is 0 Å². The summed E-state index contributed by atoms with van der Waals surface area (Å²) >= 11 is 0. The van der Waals surface area contributed by atoms with Crippen molar-refractivity contribution in [2.75, 3.05) is 19.7 Å². The lowest BCUT2D eigenvalue weighted by Crippen LogP contribution is -2.60. The molecular formula is C38H47N7O8. The van der Waals surface area contributed by atoms with E-state index in [-0.39, 0.29) is 38.3 Å². The van der Waals surface area contributed by atoms with E-state index >= 15 is 0 Å². The first-order chi connectivity index (χ1) is 25.4. The highest BCUT2D eigenvalue weighted by molar-refractivity contribution is 5.97. The second-order valence-electron chi connectivity index (χ2n) is 13.4. The van der Waals surface area contributed by atoms with Crippen molar-refractivity contribution in [1.82, 2.24) is 36.5 Å². The molecule has 15 heteroatoms. The molecule has 2 aromatic carbocycles. The number of benzene rings is 2. The molecule has 0 radical (unpaired) electrons. The van der Waals surface area contributed by atoms with Crippen LogP contribution in [0.25, 0.3) is 10.9 Å². The highest BCUT2D eigenvalue weighted by Crippen LogP contribution is 2.24. The molecule has 0 saturated carbocycles. The van der Waals surface area contributed by atoms with Crippen molar-refractivity contribution in [3.05, 3.63) is 78.5 Å². The predicted molar refractivity (Wildman–Crippen MR) is 195 cm³/mol. The largest absolute Gasteiger partial charge is 0.484 e. The van der Waals surface area contributed by atoms with Crippen molar-refractivity contribution < 1.29 is 38.6 Å². The van der Waals surface area contributed by atoms with E-state index in [1.165, 1.54) is 18.7 Å². The Hall–Kier alpha value is -5.70. The number of aromatic nitrogens is 1. The summed E-state index contributed by atoms with van der Waals surface area (Å²) in [4.78, 5) is 85.3. The molecule has 1 saturated heterocycles. The van der Waals surface area contributed by atoms with Crippen LogP contribution in [0.4, 0.5) is 0 Å². The fourth-order valence-electron chi connectivity index (χ4n) is 6.53. The monoisotopic (exact) mass is 729 g/mol. The number of para-hydroxylation sites is 1. The van der Waals surface area contributed by atoms with Gasteiger partial charge in [-0.15, -0.1) is 6.58 Å². The Morgan fingerprint density at radius 1 is 1.04 bits per heavy atom. The maximum Gasteiger partial charge on any atom is 0.258 e. The van der Waals surface area contributed by atoms with Crippen molar-refractivity contribution in [2.45, 2.75) is 82.3 Å². The number of aromatic amines is 1. The third-order valence-corrected chi connectivity index (χ3v) is 9.38. The lowest BCUT2D eigenvalue weighted by atomic mass is 10.0. The Morgan fingerprint density at radius 2 is 1.79 bits per heavy atom. The fraction of sp³-hybridized carbons (Fsp3) is 0.421. The maximum absolute atomic E-state index is 14.6. The van der Waals surface area contributed by atoms with Crippen LogP contribution in [-0.4, -0.2) is 106 Å². The summed E-state index contributed by atoms with van der Waals surface area (Å²) in [5.41, 5.74) is 2.47. The predicted octanol–water partition coefficient (Wildman–Crippen LogP) is 0.369. The maximum atomic E-state index is 14.6. The molecule has 15 nitrogen and oxygen atoms in total. The SMILES string of the molecule is C=CCCC(=O)N[C@H]1C[C@H]2C(=O)N[C@@H]([C@@H](C)O)C(=O)N[C@@H](C)C(=O)NCCc3ccc(cc3)OCC(=O)N[C@H](Cc3c[nH]c4ccccc34)C(=O)N2C1. The van der Waals surface area contributed by atoms with Crippen LogP contribution in [0.5, 0.6) is 5.75 Å². The molecule has 0 aliphatic carbocycles. The van der Waals surface area contributed by atoms with E-state index in [2.05, 4.69) is 38.1 Å². The van der Waals surface area contributed by atoms with Gasteiger partial charge in [0.05, 0.1) is 6.10 Å². The molecule has 0 spiro atoms. The molecule has 6 amide bonds. The van der Waals surface area contributed by atoms with Crippen molar-refractivity contribution >= 4 is 46.3 Å². The van der Waals surface area contributed by atoms with Crippen molar-refractivity contribution in [1.29, 1.82) is 0 Å². The van der Waals surface area contributed by atoms with E-state index in [1.807, 2.05) is 24.3 Å². The number of ether oxygens (including phenoxy) is 1. The number of allylic oxidation sites excluding steroid dienone is 1. The normalized spacial score (nSPS) is 24.0. The summed E-state index contributed by atoms with van der Waals surface area (Å²) in [5, 5.41) is 25.0. The third kappa shape index (κ3) is 10.0. The van der Waals surface area contributed by atoms with Gasteiger partial charge in [0, 0.05) is 49.1 Å². The molecule has 1 fully saturated rings. The number of rotatable bonds is 7. The highest BCUT2D eigenvalue weighted by atomic mass is 16.5. The smallest absolute Gasteiger partial charge is 0.258 e. The first-order valence-corrected chi connectivity index (χ1v) is 17.8. The summed E-state index contributed by atoms with van der Waals surface area (Å²) in [7, 11) is 0. The number of hydrogen-bond acceptors (Lipinski definition) is 8. The number of aliphatic hydroxyl groups excluding tert-OH is 1. The summed E-state index contributed by atoms with van der Waals surface area (Å²) < 4.78 is 5.75. The topological polar surface area (TPSA) is 211 Å². The number of nitrogens with zero attached hydrogens (tertiary/aromatic N) is 1. The molecule has 6 rings (SSSR count). The van der Waals surface area contributed by atoms with Gasteiger partial charge in [-0.1, -0.05) is 36.4 Å². The third-order valence-electron chi connectivity index (χ3n) is 9.38. The van der Waals surface area contributed by atoms with Crippen LogP contribution in [0.15, 0.2) is 67.4 Å². The second-order valence-corrected chi connectivity index (χ2v) is 13.4. The minimum Gasteiger partial charge on any atom is -0.484 e. The zero-order chi connectivity index (χ0) is 38.1. The van der Waals surface area contributed by atoms with Crippen LogP contribution in [0.2, 0.25) is 0 Å². The van der Waals surface area contributed by atoms with Crippen LogP contribution in [0, 0.1) is 0 Å². The molecule has 2 bridgehead atoms. The van der Waals surface area contributed by atoms with Crippen LogP contribution < -0.4 is 31.3 Å². The molecule has 3 aromatic rings. The number of carbonyl (C=O) groups is 6. The van der Waals surface area contributed by atoms with Gasteiger partial charge in [-0.05, 0) is 62.4 Å². The summed E-state index contributed by atoms with van der Waals surface area (Å²) in [6.07, 6.45) is 3.10. The minimum atomic E-state index is -1.48. The number of amides is 6. The average Bonchev–Trinajstić information content (AvgIpc) is 3.75. The first-order valence-electron chi connectivity index (χ1n) is 17.8. The zero-order valence-corrected chi connectivity index (χ0v) is 29.9. The lowest BCUT2D eigenvalue weighted by Gasteiger charge is -2.30. The average molecular weight is 730 g/mol. The van der Waals surface area contributed by atoms with Gasteiger partial charge in [-0.2, -0.15) is 0 Å². The van der Waals surface area contributed by atoms with E-state index in [0.717, 1.165) is 22.0 Å². The molecule has 282 valence electrons. The molecule has 4 heterocycles. The van der Waals surface area contributed by atoms with E-state index in [1.54, 1.807) is 36.5 Å². The number of aliphatic hydroxyl groups is 1. The summed E-state index contributed by atoms with van der Waals surface area (Å²) in [5.74, 6) is -3.08. The quantitative estimate of drug-likeness (QED) is 0.133. The van der Waals surface area contributed by atoms with Gasteiger partial charge in [-0.25, -0.2) is 0 Å². The van der Waals surface area contributed by atoms with Crippen molar-refractivity contribution in [3.63, 3.8) is 0 Å². The lowest BCUT2D eigenvalue weighted by molar-refractivity contribution is -0.143. The van der Waals surface area contributed by atoms with Crippen LogP contribution in [-0.2, 0) is 41.6 Å². The molecule has 3 aliphatic rings. The van der Waals surface area contributed by atoms with E-state index in [0.29, 0.717) is 18.6 Å². The van der Waals surface area contributed by atoms with Gasteiger partial charge < -0.3 is 46.3 Å². The van der Waals surface area contributed by atoms with E-state index in [4.69, 9.17) is 4.74 Å². The molecule has 6 atom stereocenters. The molecule has 1 aromatic heterocycles. The first kappa shape index (κ1) is 38.5. The molecule has 3 aliphatic heterocycles. The Balaban J connectivity index is 1.48. The van der Waals surface area contributed by atoms with Gasteiger partial charge in [0.1, 0.15) is 29.9 Å². The number of carbonyl (C=O) groups excluding carboxylic acids is 6. The van der Waals surface area contributed by atoms with Crippen LogP contribution in [0.1, 0.15) is 44.2 Å². The number of hydrogen-bond donors (Lipinski definition) is 7. The highest BCUT2D eigenvalue weighted by Gasteiger charge is 2.44. The van der Waals surface area contributed by atoms with Gasteiger partial charge in [0.2, 0.25) is 29.5 Å². The summed E-state index contributed by atoms with van der Waals surface area (Å²) in [6, 6.07) is 9.03. The van der Waals surface area contributed by atoms with E-state index in [9.17, 15) is 33.9 Å². The molecule has 7 N–H and O–H groups in total. The second kappa shape index (κ2) is 17.7. The van der Waals surface area contributed by atoms with Gasteiger partial charge in [0.15, 0.2) is 6.61 Å². The Kier molecular flexibility index (Phi) is 12.9. The van der Waals surface area contributed by atoms with E-state index < -0.39 is 72.5 Å². The Bertz CT molecular complexity index is 1820. The number of nitrogens with one attached hydrogen (secondary N) is 6. The Labute approximate surface area is 307 Å². The van der Waals surface area contributed by atoms with Gasteiger partial charge >= 0.3 is 0 Å². The number of fused-ring (bicyclic) bond motifs is 17. The Morgan fingerprint density at radius 3 is 2.53 bits per heavy atom. The van der Waals surface area contributed by atoms with Gasteiger partial charge in [0.25, 0.3) is 5.91 Å².